The van der Waals surface area contributed by atoms with Crippen molar-refractivity contribution in [1.82, 2.24) is 0 Å². The van der Waals surface area contributed by atoms with Crippen LogP contribution >= 0.6 is 0 Å². The number of hydrogen-bond acceptors (Lipinski definition) is 4. The summed E-state index contributed by atoms with van der Waals surface area (Å²) < 4.78 is 14.8. The van der Waals surface area contributed by atoms with Gasteiger partial charge in [-0.2, -0.15) is 0 Å². The zero-order valence-electron chi connectivity index (χ0n) is 15.8. The number of aryl methyl sites for hydroxylation is 1. The first kappa shape index (κ1) is 17.6. The molecule has 1 saturated carbocycles. The van der Waals surface area contributed by atoms with Gasteiger partial charge in [-0.25, -0.2) is 9.29 Å². The van der Waals surface area contributed by atoms with Crippen molar-refractivity contribution in [3.8, 4) is 0 Å². The number of oxime groups is 1. The van der Waals surface area contributed by atoms with Crippen LogP contribution in [0.1, 0.15) is 62.5 Å². The first-order valence-corrected chi connectivity index (χ1v) is 10.3. The van der Waals surface area contributed by atoms with E-state index in [0.29, 0.717) is 49.4 Å². The molecule has 28 heavy (non-hydrogen) atoms. The summed E-state index contributed by atoms with van der Waals surface area (Å²) in [6.07, 6.45) is 8.00. The van der Waals surface area contributed by atoms with Gasteiger partial charge in [-0.1, -0.05) is 11.6 Å². The summed E-state index contributed by atoms with van der Waals surface area (Å²) in [5, 5.41) is 4.29. The van der Waals surface area contributed by atoms with Crippen molar-refractivity contribution < 1.29 is 18.8 Å². The maximum absolute atomic E-state index is 14.8. The number of anilines is 1. The Morgan fingerprint density at radius 3 is 2.36 bits per heavy atom. The third-order valence-corrected chi connectivity index (χ3v) is 6.46. The Morgan fingerprint density at radius 1 is 1.00 bits per heavy atom. The van der Waals surface area contributed by atoms with Crippen molar-refractivity contribution in [2.75, 3.05) is 11.5 Å². The predicted molar refractivity (Wildman–Crippen MR) is 103 cm³/mol. The normalized spacial score (nSPS) is 23.3. The predicted octanol–water partition coefficient (Wildman–Crippen LogP) is 4.04. The highest BCUT2D eigenvalue weighted by Gasteiger charge is 2.41. The number of hydrogen-bond donors (Lipinski definition) is 0. The van der Waals surface area contributed by atoms with Crippen molar-refractivity contribution in [2.24, 2.45) is 11.1 Å². The molecule has 0 saturated heterocycles. The van der Waals surface area contributed by atoms with Crippen LogP contribution in [0.4, 0.5) is 10.1 Å². The molecular weight excluding hydrogens is 359 g/mol. The molecular formula is C22H23FN2O3. The van der Waals surface area contributed by atoms with Gasteiger partial charge in [0.25, 0.3) is 11.8 Å². The van der Waals surface area contributed by atoms with E-state index in [2.05, 4.69) is 5.16 Å². The molecule has 0 unspecified atom stereocenters. The fourth-order valence-corrected chi connectivity index (χ4v) is 4.57. The number of carbonyl (C=O) groups is 2. The second-order valence-corrected chi connectivity index (χ2v) is 8.20. The van der Waals surface area contributed by atoms with Gasteiger partial charge in [-0.05, 0) is 75.0 Å². The fraction of sp³-hybridized carbons (Fsp3) is 0.500. The lowest BCUT2D eigenvalue weighted by Gasteiger charge is -2.23. The molecule has 3 aliphatic carbocycles. The highest BCUT2D eigenvalue weighted by atomic mass is 19.1. The second-order valence-electron chi connectivity index (χ2n) is 8.20. The van der Waals surface area contributed by atoms with Gasteiger partial charge in [0.2, 0.25) is 0 Å². The number of carbonyl (C=O) groups excluding carboxylic acids is 2. The standard InChI is InChI=1S/C22H23FN2O3/c23-18-10-14-8-9-19(24-28-12-13-4-3-5-13)17(14)11-20(18)25-21(26)15-6-1-2-7-16(15)22(25)27/h10-11,13H,1-9,12H2/b24-19+. The van der Waals surface area contributed by atoms with Crippen LogP contribution in [0, 0.1) is 11.7 Å². The molecule has 5 rings (SSSR count). The summed E-state index contributed by atoms with van der Waals surface area (Å²) in [6.45, 7) is 0.618. The summed E-state index contributed by atoms with van der Waals surface area (Å²) in [7, 11) is 0. The quantitative estimate of drug-likeness (QED) is 0.583. The Labute approximate surface area is 163 Å². The molecule has 0 aromatic heterocycles. The molecule has 1 heterocycles. The van der Waals surface area contributed by atoms with E-state index in [4.69, 9.17) is 4.84 Å². The molecule has 0 spiro atoms. The van der Waals surface area contributed by atoms with Crippen LogP contribution in [-0.2, 0) is 20.8 Å². The van der Waals surface area contributed by atoms with E-state index in [-0.39, 0.29) is 17.5 Å². The van der Waals surface area contributed by atoms with Crippen LogP contribution in [0.15, 0.2) is 28.4 Å². The number of amides is 2. The van der Waals surface area contributed by atoms with E-state index in [9.17, 15) is 14.0 Å². The minimum Gasteiger partial charge on any atom is -0.395 e. The minimum absolute atomic E-state index is 0.0387. The lowest BCUT2D eigenvalue weighted by atomic mass is 9.86. The summed E-state index contributed by atoms with van der Waals surface area (Å²) >= 11 is 0. The monoisotopic (exact) mass is 382 g/mol. The minimum atomic E-state index is -0.531. The van der Waals surface area contributed by atoms with Gasteiger partial charge in [0.15, 0.2) is 0 Å². The Morgan fingerprint density at radius 2 is 1.71 bits per heavy atom. The molecule has 1 aromatic carbocycles. The Balaban J connectivity index is 1.44. The molecule has 1 fully saturated rings. The fourth-order valence-electron chi connectivity index (χ4n) is 4.57. The van der Waals surface area contributed by atoms with Gasteiger partial charge in [-0.3, -0.25) is 9.59 Å². The van der Waals surface area contributed by atoms with Crippen molar-refractivity contribution in [1.29, 1.82) is 0 Å². The van der Waals surface area contributed by atoms with Crippen molar-refractivity contribution in [2.45, 2.75) is 57.8 Å². The van der Waals surface area contributed by atoms with Crippen molar-refractivity contribution in [3.05, 3.63) is 40.2 Å². The molecule has 0 N–H and O–H groups in total. The lowest BCUT2D eigenvalue weighted by molar-refractivity contribution is -0.120. The van der Waals surface area contributed by atoms with Crippen LogP contribution in [0.3, 0.4) is 0 Å². The summed E-state index contributed by atoms with van der Waals surface area (Å²) in [5.41, 5.74) is 3.58. The largest absolute Gasteiger partial charge is 0.395 e. The van der Waals surface area contributed by atoms with Gasteiger partial charge < -0.3 is 4.84 Å². The van der Waals surface area contributed by atoms with Crippen LogP contribution in [0.2, 0.25) is 0 Å². The maximum atomic E-state index is 14.8. The first-order valence-electron chi connectivity index (χ1n) is 10.3. The number of benzene rings is 1. The van der Waals surface area contributed by atoms with E-state index in [0.717, 1.165) is 34.6 Å². The number of imide groups is 1. The smallest absolute Gasteiger partial charge is 0.261 e. The van der Waals surface area contributed by atoms with Crippen LogP contribution in [0.5, 0.6) is 0 Å². The van der Waals surface area contributed by atoms with Crippen molar-refractivity contribution in [3.63, 3.8) is 0 Å². The molecule has 6 heteroatoms. The van der Waals surface area contributed by atoms with E-state index >= 15 is 0 Å². The van der Waals surface area contributed by atoms with Crippen LogP contribution in [-0.4, -0.2) is 24.1 Å². The topological polar surface area (TPSA) is 59.0 Å². The van der Waals surface area contributed by atoms with Crippen LogP contribution in [0.25, 0.3) is 0 Å². The molecule has 1 aliphatic heterocycles. The van der Waals surface area contributed by atoms with E-state index in [1.807, 2.05) is 0 Å². The number of rotatable bonds is 4. The molecule has 0 radical (unpaired) electrons. The third-order valence-electron chi connectivity index (χ3n) is 6.46. The molecule has 1 aromatic rings. The van der Waals surface area contributed by atoms with E-state index in [1.165, 1.54) is 25.3 Å². The highest BCUT2D eigenvalue weighted by Crippen LogP contribution is 2.38. The molecule has 0 atom stereocenters. The number of halogens is 1. The SMILES string of the molecule is O=C1C2=C(CCCC2)C(=O)N1c1cc2c(cc1F)CC/C2=N\OCC1CCC1. The molecule has 5 nitrogen and oxygen atoms in total. The average molecular weight is 382 g/mol. The van der Waals surface area contributed by atoms with Crippen LogP contribution < -0.4 is 4.90 Å². The van der Waals surface area contributed by atoms with Gasteiger partial charge in [0.1, 0.15) is 12.4 Å². The average Bonchev–Trinajstić information content (AvgIpc) is 3.16. The molecule has 2 amide bonds. The summed E-state index contributed by atoms with van der Waals surface area (Å²) in [4.78, 5) is 32.1. The molecule has 4 aliphatic rings. The third kappa shape index (κ3) is 2.77. The van der Waals surface area contributed by atoms with Gasteiger partial charge in [-0.15, -0.1) is 0 Å². The van der Waals surface area contributed by atoms with E-state index in [1.54, 1.807) is 6.07 Å². The Hall–Kier alpha value is -2.50. The Kier molecular flexibility index (Phi) is 4.29. The number of nitrogens with zero attached hydrogens (tertiary/aromatic N) is 2. The van der Waals surface area contributed by atoms with Gasteiger partial charge in [0, 0.05) is 16.7 Å². The highest BCUT2D eigenvalue weighted by molar-refractivity contribution is 6.33. The second kappa shape index (κ2) is 6.83. The first-order chi connectivity index (χ1) is 13.6. The van der Waals surface area contributed by atoms with Crippen molar-refractivity contribution >= 4 is 23.2 Å². The molecule has 0 bridgehead atoms. The maximum Gasteiger partial charge on any atom is 0.261 e. The van der Waals surface area contributed by atoms with Gasteiger partial charge in [0.05, 0.1) is 11.4 Å². The zero-order chi connectivity index (χ0) is 19.3. The zero-order valence-corrected chi connectivity index (χ0v) is 15.8. The molecule has 146 valence electrons. The lowest BCUT2D eigenvalue weighted by Crippen LogP contribution is -2.32. The Bertz CT molecular complexity index is 902. The summed E-state index contributed by atoms with van der Waals surface area (Å²) in [6, 6.07) is 3.05. The summed E-state index contributed by atoms with van der Waals surface area (Å²) in [5.74, 6) is -0.671. The van der Waals surface area contributed by atoms with E-state index < -0.39 is 5.82 Å². The van der Waals surface area contributed by atoms with Gasteiger partial charge >= 0.3 is 0 Å². The number of fused-ring (bicyclic) bond motifs is 1.